The third kappa shape index (κ3) is 3.34. The van der Waals surface area contributed by atoms with E-state index in [4.69, 9.17) is 36.5 Å². The van der Waals surface area contributed by atoms with Gasteiger partial charge in [0.2, 0.25) is 5.88 Å². The lowest BCUT2D eigenvalue weighted by Gasteiger charge is -2.34. The highest BCUT2D eigenvalue weighted by molar-refractivity contribution is 6.30. The van der Waals surface area contributed by atoms with Gasteiger partial charge in [0, 0.05) is 35.6 Å². The second-order valence-electron chi connectivity index (χ2n) is 8.54. The summed E-state index contributed by atoms with van der Waals surface area (Å²) in [7, 11) is 0. The first-order valence-corrected chi connectivity index (χ1v) is 11.3. The molecule has 1 atom stereocenters. The van der Waals surface area contributed by atoms with E-state index in [0.717, 1.165) is 42.7 Å². The van der Waals surface area contributed by atoms with E-state index in [0.29, 0.717) is 33.7 Å². The molecule has 4 heterocycles. The molecule has 1 fully saturated rings. The summed E-state index contributed by atoms with van der Waals surface area (Å²) in [6, 6.07) is 12.2. The number of nitrogens with two attached hydrogens (primary N) is 1. The highest BCUT2D eigenvalue weighted by Crippen LogP contribution is 2.51. The van der Waals surface area contributed by atoms with E-state index in [1.165, 1.54) is 12.1 Å². The minimum atomic E-state index is -0.924. The molecule has 2 aromatic carbocycles. The Morgan fingerprint density at radius 2 is 1.91 bits per heavy atom. The fourth-order valence-electron chi connectivity index (χ4n) is 4.88. The van der Waals surface area contributed by atoms with Gasteiger partial charge in [0.05, 0.1) is 5.56 Å². The van der Waals surface area contributed by atoms with Crippen molar-refractivity contribution in [2.45, 2.75) is 24.3 Å². The standard InChI is InChI=1S/C25H21ClFN3O3/c26-17-2-3-21(27)18(11-17)15-1-4-22-19(9-15)25(13-32-24(28)30-25)20-10-16(12-29-23(20)33-22)14-5-7-31-8-6-14/h1-4,9-12,14H,5-8,13H2,(H2,28,30). The van der Waals surface area contributed by atoms with Crippen LogP contribution in [0.2, 0.25) is 5.02 Å². The summed E-state index contributed by atoms with van der Waals surface area (Å²) >= 11 is 6.14. The summed E-state index contributed by atoms with van der Waals surface area (Å²) in [5.41, 5.74) is 8.79. The molecule has 2 N–H and O–H groups in total. The van der Waals surface area contributed by atoms with Crippen LogP contribution in [0.4, 0.5) is 4.39 Å². The van der Waals surface area contributed by atoms with Gasteiger partial charge in [-0.05, 0) is 66.3 Å². The Kier molecular flexibility index (Phi) is 4.78. The highest BCUT2D eigenvalue weighted by Gasteiger charge is 2.48. The number of hydrogen-bond acceptors (Lipinski definition) is 6. The maximum Gasteiger partial charge on any atom is 0.283 e. The Labute approximate surface area is 195 Å². The third-order valence-corrected chi connectivity index (χ3v) is 6.85. The van der Waals surface area contributed by atoms with E-state index in [1.54, 1.807) is 18.2 Å². The summed E-state index contributed by atoms with van der Waals surface area (Å²) < 4.78 is 32.0. The number of ether oxygens (including phenoxy) is 3. The zero-order valence-electron chi connectivity index (χ0n) is 17.7. The molecule has 6 nitrogen and oxygen atoms in total. The van der Waals surface area contributed by atoms with Gasteiger partial charge in [-0.2, -0.15) is 0 Å². The minimum absolute atomic E-state index is 0.101. The van der Waals surface area contributed by atoms with Gasteiger partial charge >= 0.3 is 0 Å². The van der Waals surface area contributed by atoms with Crippen molar-refractivity contribution in [1.29, 1.82) is 0 Å². The number of aromatic nitrogens is 1. The molecule has 0 radical (unpaired) electrons. The molecule has 0 amide bonds. The molecular formula is C25H21ClFN3O3. The zero-order chi connectivity index (χ0) is 22.6. The normalized spacial score (nSPS) is 21.7. The molecule has 0 bridgehead atoms. The van der Waals surface area contributed by atoms with Crippen LogP contribution < -0.4 is 10.5 Å². The van der Waals surface area contributed by atoms with Gasteiger partial charge in [-0.3, -0.25) is 0 Å². The number of amidine groups is 1. The van der Waals surface area contributed by atoms with Gasteiger partial charge in [0.1, 0.15) is 18.2 Å². The maximum absolute atomic E-state index is 14.6. The van der Waals surface area contributed by atoms with Crippen LogP contribution in [0.3, 0.4) is 0 Å². The predicted octanol–water partition coefficient (Wildman–Crippen LogP) is 5.13. The maximum atomic E-state index is 14.6. The van der Waals surface area contributed by atoms with Crippen LogP contribution in [0.5, 0.6) is 11.6 Å². The lowest BCUT2D eigenvalue weighted by atomic mass is 9.79. The molecule has 168 valence electrons. The lowest BCUT2D eigenvalue weighted by Crippen LogP contribution is -2.32. The second-order valence-corrected chi connectivity index (χ2v) is 8.98. The van der Waals surface area contributed by atoms with E-state index in [-0.39, 0.29) is 18.4 Å². The smallest absolute Gasteiger partial charge is 0.283 e. The van der Waals surface area contributed by atoms with E-state index >= 15 is 0 Å². The Morgan fingerprint density at radius 1 is 1.06 bits per heavy atom. The van der Waals surface area contributed by atoms with E-state index in [1.807, 2.05) is 12.3 Å². The molecule has 3 aliphatic rings. The SMILES string of the molecule is NC1=NC2(CO1)c1cc(-c3cc(Cl)ccc3F)ccc1Oc1ncc(C3CCOCC3)cc12. The van der Waals surface area contributed by atoms with Crippen molar-refractivity contribution in [3.05, 3.63) is 76.2 Å². The van der Waals surface area contributed by atoms with Crippen LogP contribution in [0.1, 0.15) is 35.4 Å². The van der Waals surface area contributed by atoms with Crippen molar-refractivity contribution in [2.75, 3.05) is 19.8 Å². The second kappa shape index (κ2) is 7.71. The Balaban J connectivity index is 1.51. The summed E-state index contributed by atoms with van der Waals surface area (Å²) in [4.78, 5) is 9.37. The molecule has 0 saturated carbocycles. The van der Waals surface area contributed by atoms with Gasteiger partial charge in [-0.15, -0.1) is 0 Å². The molecule has 1 saturated heterocycles. The Bertz CT molecular complexity index is 1290. The number of aliphatic imine (C=N–C) groups is 1. The van der Waals surface area contributed by atoms with Gasteiger partial charge in [-0.1, -0.05) is 17.7 Å². The first kappa shape index (κ1) is 20.4. The molecule has 1 unspecified atom stereocenters. The van der Waals surface area contributed by atoms with Crippen LogP contribution in [0.15, 0.2) is 53.7 Å². The van der Waals surface area contributed by atoms with Crippen LogP contribution in [0.25, 0.3) is 11.1 Å². The van der Waals surface area contributed by atoms with Crippen molar-refractivity contribution < 1.29 is 18.6 Å². The Morgan fingerprint density at radius 3 is 2.70 bits per heavy atom. The third-order valence-electron chi connectivity index (χ3n) is 6.61. The topological polar surface area (TPSA) is 79.0 Å². The van der Waals surface area contributed by atoms with Crippen molar-refractivity contribution in [3.63, 3.8) is 0 Å². The Hall–Kier alpha value is -3.16. The van der Waals surface area contributed by atoms with Crippen molar-refractivity contribution in [2.24, 2.45) is 10.7 Å². The molecule has 33 heavy (non-hydrogen) atoms. The molecular weight excluding hydrogens is 445 g/mol. The van der Waals surface area contributed by atoms with Gasteiger partial charge in [0.25, 0.3) is 6.02 Å². The van der Waals surface area contributed by atoms with Gasteiger partial charge in [0.15, 0.2) is 5.54 Å². The van der Waals surface area contributed by atoms with Crippen LogP contribution in [-0.4, -0.2) is 30.8 Å². The molecule has 6 rings (SSSR count). The van der Waals surface area contributed by atoms with Crippen molar-refractivity contribution >= 4 is 17.6 Å². The minimum Gasteiger partial charge on any atom is -0.462 e. The largest absolute Gasteiger partial charge is 0.462 e. The van der Waals surface area contributed by atoms with Crippen molar-refractivity contribution in [1.82, 2.24) is 4.98 Å². The number of benzene rings is 2. The monoisotopic (exact) mass is 465 g/mol. The molecule has 1 aromatic heterocycles. The van der Waals surface area contributed by atoms with E-state index in [9.17, 15) is 4.39 Å². The first-order valence-electron chi connectivity index (χ1n) is 10.9. The van der Waals surface area contributed by atoms with E-state index < -0.39 is 5.54 Å². The van der Waals surface area contributed by atoms with E-state index in [2.05, 4.69) is 11.1 Å². The number of hydrogen-bond donors (Lipinski definition) is 1. The number of halogens is 2. The lowest BCUT2D eigenvalue weighted by molar-refractivity contribution is 0.0852. The first-order chi connectivity index (χ1) is 16.0. The molecule has 3 aliphatic heterocycles. The summed E-state index contributed by atoms with van der Waals surface area (Å²) in [6.45, 7) is 1.67. The van der Waals surface area contributed by atoms with Gasteiger partial charge in [-0.25, -0.2) is 14.4 Å². The van der Waals surface area contributed by atoms with Crippen molar-refractivity contribution in [3.8, 4) is 22.8 Å². The molecule has 8 heteroatoms. The number of fused-ring (bicyclic) bond motifs is 4. The predicted molar refractivity (Wildman–Crippen MR) is 122 cm³/mol. The van der Waals surface area contributed by atoms with Crippen LogP contribution >= 0.6 is 11.6 Å². The molecule has 3 aromatic rings. The molecule has 0 aliphatic carbocycles. The van der Waals surface area contributed by atoms with Gasteiger partial charge < -0.3 is 19.9 Å². The summed E-state index contributed by atoms with van der Waals surface area (Å²) in [5.74, 6) is 1.05. The highest BCUT2D eigenvalue weighted by atomic mass is 35.5. The average molecular weight is 466 g/mol. The molecule has 1 spiro atoms. The average Bonchev–Trinajstić information content (AvgIpc) is 3.23. The zero-order valence-corrected chi connectivity index (χ0v) is 18.4. The summed E-state index contributed by atoms with van der Waals surface area (Å²) in [5, 5.41) is 0.456. The fraction of sp³-hybridized carbons (Fsp3) is 0.280. The quantitative estimate of drug-likeness (QED) is 0.567. The van der Waals surface area contributed by atoms with Crippen LogP contribution in [-0.2, 0) is 15.0 Å². The number of rotatable bonds is 2. The van der Waals surface area contributed by atoms with Crippen LogP contribution in [0, 0.1) is 5.82 Å². The number of pyridine rings is 1. The summed E-state index contributed by atoms with van der Waals surface area (Å²) in [6.07, 6.45) is 3.74. The fourth-order valence-corrected chi connectivity index (χ4v) is 5.06. The number of nitrogens with zero attached hydrogens (tertiary/aromatic N) is 2.